The average molecular weight is 312 g/mol. The van der Waals surface area contributed by atoms with Crippen molar-refractivity contribution < 1.29 is 9.53 Å². The predicted molar refractivity (Wildman–Crippen MR) is 88.9 cm³/mol. The Hall–Kier alpha value is -1.06. The normalized spacial score (nSPS) is 16.4. The summed E-state index contributed by atoms with van der Waals surface area (Å²) in [6.07, 6.45) is 2.53. The van der Waals surface area contributed by atoms with E-state index in [1.807, 2.05) is 32.9 Å². The number of halogens is 1. The first-order valence-corrected chi connectivity index (χ1v) is 7.45. The van der Waals surface area contributed by atoms with E-state index in [1.165, 1.54) is 12.8 Å². The fraction of sp³-hybridized carbons (Fsp3) is 0.588. The Bertz CT molecular complexity index is 496. The van der Waals surface area contributed by atoms with Gasteiger partial charge in [0.25, 0.3) is 0 Å². The van der Waals surface area contributed by atoms with Gasteiger partial charge in [0, 0.05) is 18.0 Å². The Morgan fingerprint density at radius 3 is 2.43 bits per heavy atom. The lowest BCUT2D eigenvalue weighted by Gasteiger charge is -2.20. The summed E-state index contributed by atoms with van der Waals surface area (Å²) in [5.41, 5.74) is 2.95. The van der Waals surface area contributed by atoms with Crippen LogP contribution in [0.3, 0.4) is 0 Å². The quantitative estimate of drug-likeness (QED) is 0.777. The van der Waals surface area contributed by atoms with Gasteiger partial charge in [-0.25, -0.2) is 0 Å². The third kappa shape index (κ3) is 3.98. The highest BCUT2D eigenvalue weighted by atomic mass is 35.5. The SMILES string of the molecule is COc1ccc(C(=O)C(C)CN2CCCC2)c(C)c1C.Cl. The minimum absolute atomic E-state index is 0. The molecule has 1 saturated heterocycles. The molecule has 1 fully saturated rings. The van der Waals surface area contributed by atoms with E-state index in [-0.39, 0.29) is 24.1 Å². The molecule has 0 spiro atoms. The van der Waals surface area contributed by atoms with Gasteiger partial charge in [-0.15, -0.1) is 12.4 Å². The number of ketones is 1. The van der Waals surface area contributed by atoms with E-state index in [0.717, 1.165) is 42.1 Å². The van der Waals surface area contributed by atoms with Gasteiger partial charge in [0.1, 0.15) is 5.75 Å². The van der Waals surface area contributed by atoms with Crippen molar-refractivity contribution in [2.24, 2.45) is 5.92 Å². The van der Waals surface area contributed by atoms with E-state index in [0.29, 0.717) is 0 Å². The molecule has 0 radical (unpaired) electrons. The lowest BCUT2D eigenvalue weighted by atomic mass is 9.92. The number of benzene rings is 1. The molecule has 1 atom stereocenters. The standard InChI is InChI=1S/C17H25NO2.ClH/c1-12(11-18-9-5-6-10-18)17(19)15-7-8-16(20-4)14(3)13(15)2;/h7-8,12H,5-6,9-11H2,1-4H3;1H. The molecule has 1 aliphatic heterocycles. The third-order valence-electron chi connectivity index (χ3n) is 4.40. The van der Waals surface area contributed by atoms with E-state index in [2.05, 4.69) is 4.90 Å². The lowest BCUT2D eigenvalue weighted by molar-refractivity contribution is 0.0902. The minimum atomic E-state index is 0. The molecule has 0 aliphatic carbocycles. The number of ether oxygens (including phenoxy) is 1. The molecule has 1 aromatic carbocycles. The second-order valence-corrected chi connectivity index (χ2v) is 5.84. The molecule has 1 aromatic rings. The Morgan fingerprint density at radius 2 is 1.86 bits per heavy atom. The molecule has 21 heavy (non-hydrogen) atoms. The largest absolute Gasteiger partial charge is 0.496 e. The highest BCUT2D eigenvalue weighted by Crippen LogP contribution is 2.26. The number of nitrogens with zero attached hydrogens (tertiary/aromatic N) is 1. The highest BCUT2D eigenvalue weighted by molar-refractivity contribution is 5.99. The van der Waals surface area contributed by atoms with Gasteiger partial charge in [-0.05, 0) is 63.0 Å². The van der Waals surface area contributed by atoms with Crippen LogP contribution >= 0.6 is 12.4 Å². The number of Topliss-reactive ketones (excluding diaryl/α,β-unsaturated/α-hetero) is 1. The van der Waals surface area contributed by atoms with Crippen molar-refractivity contribution in [2.45, 2.75) is 33.6 Å². The fourth-order valence-electron chi connectivity index (χ4n) is 2.98. The van der Waals surface area contributed by atoms with Crippen LogP contribution in [0.5, 0.6) is 5.75 Å². The molecule has 0 saturated carbocycles. The van der Waals surface area contributed by atoms with Crippen LogP contribution in [0.1, 0.15) is 41.3 Å². The van der Waals surface area contributed by atoms with Crippen LogP contribution in [-0.4, -0.2) is 37.4 Å². The summed E-state index contributed by atoms with van der Waals surface area (Å²) in [7, 11) is 1.67. The van der Waals surface area contributed by atoms with Crippen molar-refractivity contribution >= 4 is 18.2 Å². The van der Waals surface area contributed by atoms with E-state index in [4.69, 9.17) is 4.74 Å². The van der Waals surface area contributed by atoms with Crippen LogP contribution in [0.4, 0.5) is 0 Å². The van der Waals surface area contributed by atoms with Crippen molar-refractivity contribution in [3.05, 3.63) is 28.8 Å². The van der Waals surface area contributed by atoms with Crippen LogP contribution in [0.2, 0.25) is 0 Å². The zero-order valence-electron chi connectivity index (χ0n) is 13.4. The van der Waals surface area contributed by atoms with Gasteiger partial charge in [0.05, 0.1) is 7.11 Å². The number of hydrogen-bond acceptors (Lipinski definition) is 3. The molecular formula is C17H26ClNO2. The van der Waals surface area contributed by atoms with E-state index in [9.17, 15) is 4.79 Å². The molecule has 3 nitrogen and oxygen atoms in total. The van der Waals surface area contributed by atoms with Gasteiger partial charge in [-0.1, -0.05) is 6.92 Å². The van der Waals surface area contributed by atoms with Crippen molar-refractivity contribution in [1.82, 2.24) is 4.90 Å². The average Bonchev–Trinajstić information content (AvgIpc) is 2.94. The number of carbonyl (C=O) groups excluding carboxylic acids is 1. The molecule has 2 rings (SSSR count). The zero-order chi connectivity index (χ0) is 14.7. The summed E-state index contributed by atoms with van der Waals surface area (Å²) in [6.45, 7) is 9.21. The van der Waals surface area contributed by atoms with Crippen LogP contribution in [-0.2, 0) is 0 Å². The molecule has 0 bridgehead atoms. The molecule has 1 unspecified atom stereocenters. The number of methoxy groups -OCH3 is 1. The van der Waals surface area contributed by atoms with Gasteiger partial charge >= 0.3 is 0 Å². The Balaban J connectivity index is 0.00000220. The third-order valence-corrected chi connectivity index (χ3v) is 4.40. The lowest BCUT2D eigenvalue weighted by Crippen LogP contribution is -2.29. The first-order chi connectivity index (χ1) is 9.54. The van der Waals surface area contributed by atoms with Gasteiger partial charge in [-0.2, -0.15) is 0 Å². The maximum atomic E-state index is 12.6. The number of likely N-dealkylation sites (tertiary alicyclic amines) is 1. The van der Waals surface area contributed by atoms with Crippen LogP contribution < -0.4 is 4.74 Å². The van der Waals surface area contributed by atoms with Crippen LogP contribution in [0, 0.1) is 19.8 Å². The zero-order valence-corrected chi connectivity index (χ0v) is 14.3. The summed E-state index contributed by atoms with van der Waals surface area (Å²) >= 11 is 0. The molecule has 4 heteroatoms. The Labute approximate surface area is 134 Å². The van der Waals surface area contributed by atoms with Gasteiger partial charge in [0.2, 0.25) is 0 Å². The summed E-state index contributed by atoms with van der Waals surface area (Å²) in [4.78, 5) is 15.0. The summed E-state index contributed by atoms with van der Waals surface area (Å²) in [6, 6.07) is 3.81. The highest BCUT2D eigenvalue weighted by Gasteiger charge is 2.22. The molecule has 0 amide bonds. The van der Waals surface area contributed by atoms with Crippen molar-refractivity contribution in [3.63, 3.8) is 0 Å². The van der Waals surface area contributed by atoms with Gasteiger partial charge in [-0.3, -0.25) is 4.79 Å². The van der Waals surface area contributed by atoms with E-state index < -0.39 is 0 Å². The fourth-order valence-corrected chi connectivity index (χ4v) is 2.98. The Morgan fingerprint density at radius 1 is 1.24 bits per heavy atom. The molecule has 1 aliphatic rings. The molecule has 0 N–H and O–H groups in total. The minimum Gasteiger partial charge on any atom is -0.496 e. The van der Waals surface area contributed by atoms with Crippen LogP contribution in [0.25, 0.3) is 0 Å². The first-order valence-electron chi connectivity index (χ1n) is 7.45. The van der Waals surface area contributed by atoms with Crippen molar-refractivity contribution in [2.75, 3.05) is 26.7 Å². The van der Waals surface area contributed by atoms with Gasteiger partial charge < -0.3 is 9.64 Å². The molecule has 118 valence electrons. The molecular weight excluding hydrogens is 286 g/mol. The second kappa shape index (κ2) is 7.81. The van der Waals surface area contributed by atoms with Crippen molar-refractivity contribution in [1.29, 1.82) is 0 Å². The van der Waals surface area contributed by atoms with E-state index in [1.54, 1.807) is 7.11 Å². The summed E-state index contributed by atoms with van der Waals surface area (Å²) < 4.78 is 5.31. The summed E-state index contributed by atoms with van der Waals surface area (Å²) in [5, 5.41) is 0. The monoisotopic (exact) mass is 311 g/mol. The number of rotatable bonds is 5. The topological polar surface area (TPSA) is 29.5 Å². The van der Waals surface area contributed by atoms with Crippen molar-refractivity contribution in [3.8, 4) is 5.75 Å². The number of carbonyl (C=O) groups is 1. The first kappa shape index (κ1) is 18.0. The molecule has 0 aromatic heterocycles. The maximum Gasteiger partial charge on any atom is 0.167 e. The predicted octanol–water partition coefficient (Wildman–Crippen LogP) is 3.65. The smallest absolute Gasteiger partial charge is 0.167 e. The second-order valence-electron chi connectivity index (χ2n) is 5.84. The van der Waals surface area contributed by atoms with E-state index >= 15 is 0 Å². The molecule has 1 heterocycles. The summed E-state index contributed by atoms with van der Waals surface area (Å²) in [5.74, 6) is 1.16. The van der Waals surface area contributed by atoms with Gasteiger partial charge in [0.15, 0.2) is 5.78 Å². The Kier molecular flexibility index (Phi) is 6.69. The number of hydrogen-bond donors (Lipinski definition) is 0. The maximum absolute atomic E-state index is 12.6. The van der Waals surface area contributed by atoms with Crippen LogP contribution in [0.15, 0.2) is 12.1 Å².